The molecular weight excluding hydrogens is 398 g/mol. The number of H-pyrrole nitrogens is 1. The molecule has 1 saturated heterocycles. The van der Waals surface area contributed by atoms with Gasteiger partial charge in [0, 0.05) is 29.1 Å². The highest BCUT2D eigenvalue weighted by atomic mass is 35.5. The van der Waals surface area contributed by atoms with Crippen molar-refractivity contribution in [2.45, 2.75) is 23.3 Å². The zero-order chi connectivity index (χ0) is 19.5. The van der Waals surface area contributed by atoms with E-state index in [9.17, 15) is 13.5 Å². The van der Waals surface area contributed by atoms with Crippen molar-refractivity contribution in [1.82, 2.24) is 14.5 Å². The van der Waals surface area contributed by atoms with Crippen LogP contribution in [-0.2, 0) is 15.6 Å². The van der Waals surface area contributed by atoms with Crippen LogP contribution in [0.5, 0.6) is 0 Å². The van der Waals surface area contributed by atoms with Gasteiger partial charge in [-0.15, -0.1) is 0 Å². The van der Waals surface area contributed by atoms with Gasteiger partial charge in [-0.2, -0.15) is 9.40 Å². The Labute approximate surface area is 168 Å². The molecule has 2 N–H and O–H groups in total. The molecule has 5 rings (SSSR count). The predicted molar refractivity (Wildman–Crippen MR) is 106 cm³/mol. The van der Waals surface area contributed by atoms with Crippen LogP contribution < -0.4 is 0 Å². The van der Waals surface area contributed by atoms with Crippen LogP contribution in [0.25, 0.3) is 10.9 Å². The van der Waals surface area contributed by atoms with Crippen LogP contribution in [0.2, 0.25) is 5.02 Å². The molecule has 6 nitrogen and oxygen atoms in total. The summed E-state index contributed by atoms with van der Waals surface area (Å²) >= 11 is 6.25. The third-order valence-corrected chi connectivity index (χ3v) is 8.20. The number of nitrogens with one attached hydrogen (secondary N) is 1. The Bertz CT molecular complexity index is 1130. The smallest absolute Gasteiger partial charge is 0.243 e. The third kappa shape index (κ3) is 2.76. The Balaban J connectivity index is 1.42. The van der Waals surface area contributed by atoms with E-state index < -0.39 is 15.6 Å². The van der Waals surface area contributed by atoms with Gasteiger partial charge < -0.3 is 5.11 Å². The Hall–Kier alpha value is -1.93. The van der Waals surface area contributed by atoms with Crippen molar-refractivity contribution >= 4 is 32.5 Å². The molecule has 0 radical (unpaired) electrons. The van der Waals surface area contributed by atoms with E-state index in [1.807, 2.05) is 6.07 Å². The van der Waals surface area contributed by atoms with Gasteiger partial charge in [0.25, 0.3) is 0 Å². The van der Waals surface area contributed by atoms with E-state index >= 15 is 0 Å². The Morgan fingerprint density at radius 1 is 1.14 bits per heavy atom. The van der Waals surface area contributed by atoms with E-state index in [-0.39, 0.29) is 11.8 Å². The molecule has 1 aromatic heterocycles. The number of hydrogen-bond donors (Lipinski definition) is 2. The molecule has 1 aliphatic carbocycles. The van der Waals surface area contributed by atoms with Gasteiger partial charge in [-0.05, 0) is 48.9 Å². The van der Waals surface area contributed by atoms with Crippen molar-refractivity contribution < 1.29 is 13.5 Å². The average Bonchev–Trinajstić information content (AvgIpc) is 3.35. The van der Waals surface area contributed by atoms with Crippen molar-refractivity contribution in [3.63, 3.8) is 0 Å². The molecule has 2 aliphatic rings. The fraction of sp³-hybridized carbons (Fsp3) is 0.350. The number of benzene rings is 2. The van der Waals surface area contributed by atoms with Gasteiger partial charge in [0.05, 0.1) is 22.2 Å². The van der Waals surface area contributed by atoms with Crippen LogP contribution in [0.15, 0.2) is 53.6 Å². The fourth-order valence-electron chi connectivity index (χ4n) is 4.85. The molecule has 0 amide bonds. The zero-order valence-electron chi connectivity index (χ0n) is 15.0. The lowest BCUT2D eigenvalue weighted by Gasteiger charge is -2.27. The number of aromatic nitrogens is 2. The molecule has 0 unspecified atom stereocenters. The van der Waals surface area contributed by atoms with Crippen LogP contribution in [0.3, 0.4) is 0 Å². The summed E-state index contributed by atoms with van der Waals surface area (Å²) in [6, 6.07) is 12.1. The van der Waals surface area contributed by atoms with E-state index in [0.717, 1.165) is 16.5 Å². The summed E-state index contributed by atoms with van der Waals surface area (Å²) < 4.78 is 27.4. The first-order chi connectivity index (χ1) is 13.4. The molecule has 146 valence electrons. The number of aliphatic hydroxyl groups is 1. The first-order valence-electron chi connectivity index (χ1n) is 9.27. The molecular formula is C20H20ClN3O3S. The lowest BCUT2D eigenvalue weighted by molar-refractivity contribution is 0.0352. The Kier molecular flexibility index (Phi) is 4.07. The van der Waals surface area contributed by atoms with E-state index in [1.165, 1.54) is 0 Å². The van der Waals surface area contributed by atoms with Crippen molar-refractivity contribution in [2.75, 3.05) is 13.1 Å². The summed E-state index contributed by atoms with van der Waals surface area (Å²) in [6.45, 7) is 0.855. The summed E-state index contributed by atoms with van der Waals surface area (Å²) in [5.41, 5.74) is 0.508. The van der Waals surface area contributed by atoms with Gasteiger partial charge in [0.15, 0.2) is 0 Å². The minimum absolute atomic E-state index is 0.112. The van der Waals surface area contributed by atoms with Gasteiger partial charge in [0.1, 0.15) is 0 Å². The van der Waals surface area contributed by atoms with Crippen molar-refractivity contribution in [3.05, 3.63) is 59.2 Å². The van der Waals surface area contributed by atoms with Crippen LogP contribution in [0, 0.1) is 11.8 Å². The molecule has 0 bridgehead atoms. The first-order valence-corrected chi connectivity index (χ1v) is 11.1. The van der Waals surface area contributed by atoms with Crippen LogP contribution in [0.1, 0.15) is 18.4 Å². The highest BCUT2D eigenvalue weighted by Gasteiger charge is 2.51. The van der Waals surface area contributed by atoms with Crippen molar-refractivity contribution in [1.29, 1.82) is 0 Å². The topological polar surface area (TPSA) is 86.3 Å². The molecule has 1 aliphatic heterocycles. The third-order valence-electron chi connectivity index (χ3n) is 6.14. The molecule has 0 spiro atoms. The van der Waals surface area contributed by atoms with Crippen molar-refractivity contribution in [2.24, 2.45) is 11.8 Å². The number of nitrogens with zero attached hydrogens (tertiary/aromatic N) is 2. The maximum atomic E-state index is 12.9. The predicted octanol–water partition coefficient (Wildman–Crippen LogP) is 3.13. The van der Waals surface area contributed by atoms with E-state index in [0.29, 0.717) is 35.8 Å². The molecule has 8 heteroatoms. The summed E-state index contributed by atoms with van der Waals surface area (Å²) in [7, 11) is -3.50. The monoisotopic (exact) mass is 417 g/mol. The van der Waals surface area contributed by atoms with E-state index in [4.69, 9.17) is 11.6 Å². The lowest BCUT2D eigenvalue weighted by Crippen LogP contribution is -2.32. The van der Waals surface area contributed by atoms with Gasteiger partial charge in [-0.25, -0.2) is 8.42 Å². The molecule has 2 heterocycles. The Morgan fingerprint density at radius 2 is 1.82 bits per heavy atom. The van der Waals surface area contributed by atoms with Gasteiger partial charge in [0.2, 0.25) is 10.0 Å². The summed E-state index contributed by atoms with van der Waals surface area (Å²) in [4.78, 5) is 0.319. The standard InChI is InChI=1S/C20H20ClN3O3S/c21-16-6-13-10-22-23-19(13)18(7-16)20(25)8-14-11-24(12-15(14)9-20)28(26,27)17-4-2-1-3-5-17/h1-7,10,14-15,25H,8-9,11-12H2,(H,22,23)/t14-,15-/m0/s1. The summed E-state index contributed by atoms with van der Waals surface area (Å²) in [5, 5.41) is 19.9. The number of fused-ring (bicyclic) bond motifs is 2. The minimum atomic E-state index is -3.50. The SMILES string of the molecule is O=S(=O)(c1ccccc1)N1C[C@@H]2CC(O)(c3cc(Cl)cc4cn[nH]c34)C[C@H]2C1. The molecule has 2 fully saturated rings. The fourth-order valence-corrected chi connectivity index (χ4v) is 6.66. The van der Waals surface area contributed by atoms with Crippen LogP contribution >= 0.6 is 11.6 Å². The summed E-state index contributed by atoms with van der Waals surface area (Å²) in [6.07, 6.45) is 2.71. The zero-order valence-corrected chi connectivity index (χ0v) is 16.6. The number of sulfonamides is 1. The highest BCUT2D eigenvalue weighted by Crippen LogP contribution is 2.51. The second-order valence-corrected chi connectivity index (χ2v) is 10.3. The number of aromatic amines is 1. The number of halogens is 1. The minimum Gasteiger partial charge on any atom is -0.385 e. The highest BCUT2D eigenvalue weighted by molar-refractivity contribution is 7.89. The van der Waals surface area contributed by atoms with Gasteiger partial charge >= 0.3 is 0 Å². The van der Waals surface area contributed by atoms with Gasteiger partial charge in [-0.1, -0.05) is 29.8 Å². The van der Waals surface area contributed by atoms with E-state index in [2.05, 4.69) is 10.2 Å². The summed E-state index contributed by atoms with van der Waals surface area (Å²) in [5.74, 6) is 0.223. The molecule has 2 atom stereocenters. The largest absolute Gasteiger partial charge is 0.385 e. The number of hydrogen-bond acceptors (Lipinski definition) is 4. The quantitative estimate of drug-likeness (QED) is 0.685. The van der Waals surface area contributed by atoms with Crippen molar-refractivity contribution in [3.8, 4) is 0 Å². The Morgan fingerprint density at radius 3 is 2.50 bits per heavy atom. The van der Waals surface area contributed by atoms with E-state index in [1.54, 1.807) is 46.9 Å². The normalized spacial score (nSPS) is 24.6. The van der Waals surface area contributed by atoms with Crippen LogP contribution in [0.4, 0.5) is 0 Å². The van der Waals surface area contributed by atoms with Gasteiger partial charge in [-0.3, -0.25) is 5.10 Å². The molecule has 28 heavy (non-hydrogen) atoms. The first kappa shape index (κ1) is 18.1. The second-order valence-electron chi connectivity index (χ2n) is 7.88. The molecule has 3 aromatic rings. The lowest BCUT2D eigenvalue weighted by atomic mass is 9.89. The maximum Gasteiger partial charge on any atom is 0.243 e. The average molecular weight is 418 g/mol. The number of rotatable bonds is 3. The second kappa shape index (κ2) is 6.29. The maximum absolute atomic E-state index is 12.9. The molecule has 2 aromatic carbocycles. The molecule has 1 saturated carbocycles. The van der Waals surface area contributed by atoms with Crippen LogP contribution in [-0.4, -0.2) is 41.1 Å².